The summed E-state index contributed by atoms with van der Waals surface area (Å²) < 4.78 is 28.6. The lowest BCUT2D eigenvalue weighted by Crippen LogP contribution is -2.27. The van der Waals surface area contributed by atoms with Crippen molar-refractivity contribution in [3.63, 3.8) is 0 Å². The van der Waals surface area contributed by atoms with Crippen LogP contribution >= 0.6 is 0 Å². The van der Waals surface area contributed by atoms with E-state index < -0.39 is 17.8 Å². The Balaban J connectivity index is 2.61. The molecule has 0 atom stereocenters. The number of benzene rings is 1. The molecule has 1 aromatic rings. The number of carbonyl (C=O) groups excluding carboxylic acids is 2. The third-order valence-electron chi connectivity index (χ3n) is 3.73. The molecule has 1 N–H and O–H groups in total. The van der Waals surface area contributed by atoms with E-state index in [2.05, 4.69) is 5.32 Å². The number of nitrogens with one attached hydrogen (secondary N) is 1. The number of allylic oxidation sites excluding steroid dienone is 2. The molecular weight excluding hydrogens is 355 g/mol. The van der Waals surface area contributed by atoms with Crippen LogP contribution in [-0.4, -0.2) is 46.4 Å². The highest BCUT2D eigenvalue weighted by atomic mass is 19.1. The van der Waals surface area contributed by atoms with Gasteiger partial charge in [0.15, 0.2) is 0 Å². The molecule has 0 saturated heterocycles. The fourth-order valence-electron chi connectivity index (χ4n) is 2.49. The van der Waals surface area contributed by atoms with Crippen LogP contribution in [0, 0.1) is 5.82 Å². The van der Waals surface area contributed by atoms with Crippen LogP contribution in [0.5, 0.6) is 0 Å². The van der Waals surface area contributed by atoms with Gasteiger partial charge in [-0.25, -0.2) is 14.0 Å². The largest absolute Gasteiger partial charge is 0.465 e. The first-order valence-electron chi connectivity index (χ1n) is 8.10. The van der Waals surface area contributed by atoms with Crippen molar-refractivity contribution in [3.05, 3.63) is 59.7 Å². The average molecular weight is 376 g/mol. The third-order valence-corrected chi connectivity index (χ3v) is 3.73. The standard InChI is InChI=1S/C19H21FN2O5/c1-25-11-9-21-15-8-7-13(20)12-16(15)22-10-5-4-6-14(18(23)26-2)17(22)19(24)27-3/h4-8,10,12,21H,9,11H2,1-3H3. The van der Waals surface area contributed by atoms with Gasteiger partial charge in [-0.1, -0.05) is 6.08 Å². The maximum atomic E-state index is 14.0. The number of hydrogen-bond acceptors (Lipinski definition) is 7. The van der Waals surface area contributed by atoms with Crippen molar-refractivity contribution in [2.24, 2.45) is 0 Å². The SMILES string of the molecule is COCCNc1ccc(F)cc1N1C=CC=CC(C(=O)OC)=C1C(=O)OC. The molecule has 0 radical (unpaired) electrons. The number of methoxy groups -OCH3 is 3. The smallest absolute Gasteiger partial charge is 0.355 e. The molecule has 0 spiro atoms. The Bertz CT molecular complexity index is 801. The zero-order valence-electron chi connectivity index (χ0n) is 15.3. The summed E-state index contributed by atoms with van der Waals surface area (Å²) in [4.78, 5) is 26.0. The summed E-state index contributed by atoms with van der Waals surface area (Å²) >= 11 is 0. The molecule has 7 nitrogen and oxygen atoms in total. The maximum absolute atomic E-state index is 14.0. The lowest BCUT2D eigenvalue weighted by atomic mass is 10.1. The molecule has 1 heterocycles. The van der Waals surface area contributed by atoms with Gasteiger partial charge >= 0.3 is 11.9 Å². The molecule has 8 heteroatoms. The van der Waals surface area contributed by atoms with Crippen LogP contribution in [0.15, 0.2) is 53.9 Å². The van der Waals surface area contributed by atoms with Crippen molar-refractivity contribution < 1.29 is 28.2 Å². The second-order valence-electron chi connectivity index (χ2n) is 5.40. The molecular formula is C19H21FN2O5. The van der Waals surface area contributed by atoms with E-state index in [9.17, 15) is 14.0 Å². The number of hydrogen-bond donors (Lipinski definition) is 1. The summed E-state index contributed by atoms with van der Waals surface area (Å²) in [6, 6.07) is 4.09. The molecule has 27 heavy (non-hydrogen) atoms. The number of nitrogens with zero attached hydrogens (tertiary/aromatic N) is 1. The summed E-state index contributed by atoms with van der Waals surface area (Å²) in [6.45, 7) is 0.896. The normalized spacial score (nSPS) is 13.4. The van der Waals surface area contributed by atoms with Crippen molar-refractivity contribution in [2.45, 2.75) is 0 Å². The van der Waals surface area contributed by atoms with Crippen molar-refractivity contribution in [1.82, 2.24) is 0 Å². The van der Waals surface area contributed by atoms with Crippen LogP contribution in [0.2, 0.25) is 0 Å². The Kier molecular flexibility index (Phi) is 7.13. The van der Waals surface area contributed by atoms with E-state index in [1.165, 1.54) is 43.5 Å². The second-order valence-corrected chi connectivity index (χ2v) is 5.40. The molecule has 0 fully saturated rings. The Morgan fingerprint density at radius 3 is 2.52 bits per heavy atom. The number of esters is 2. The van der Waals surface area contributed by atoms with E-state index in [1.54, 1.807) is 25.3 Å². The first-order chi connectivity index (χ1) is 13.0. The fourth-order valence-corrected chi connectivity index (χ4v) is 2.49. The topological polar surface area (TPSA) is 77.1 Å². The van der Waals surface area contributed by atoms with E-state index in [1.807, 2.05) is 0 Å². The molecule has 0 unspecified atom stereocenters. The number of carbonyl (C=O) groups is 2. The summed E-state index contributed by atoms with van der Waals surface area (Å²) in [6.07, 6.45) is 6.16. The van der Waals surface area contributed by atoms with Gasteiger partial charge in [-0.05, 0) is 30.4 Å². The van der Waals surface area contributed by atoms with E-state index in [0.29, 0.717) is 24.5 Å². The summed E-state index contributed by atoms with van der Waals surface area (Å²) in [5.74, 6) is -1.99. The Hall–Kier alpha value is -3.13. The van der Waals surface area contributed by atoms with Crippen molar-refractivity contribution in [3.8, 4) is 0 Å². The third kappa shape index (κ3) is 4.73. The lowest BCUT2D eigenvalue weighted by Gasteiger charge is -2.25. The quantitative estimate of drug-likeness (QED) is 0.578. The highest BCUT2D eigenvalue weighted by Crippen LogP contribution is 2.33. The molecule has 0 saturated carbocycles. The summed E-state index contributed by atoms with van der Waals surface area (Å²) in [5.41, 5.74) is 0.773. The van der Waals surface area contributed by atoms with Crippen LogP contribution in [0.25, 0.3) is 0 Å². The van der Waals surface area contributed by atoms with Crippen LogP contribution in [0.1, 0.15) is 0 Å². The second kappa shape index (κ2) is 9.54. The predicted octanol–water partition coefficient (Wildman–Crippen LogP) is 2.37. The maximum Gasteiger partial charge on any atom is 0.355 e. The van der Waals surface area contributed by atoms with Gasteiger partial charge in [-0.15, -0.1) is 0 Å². The first kappa shape index (κ1) is 20.2. The number of rotatable bonds is 7. The minimum atomic E-state index is -0.765. The zero-order chi connectivity index (χ0) is 19.8. The highest BCUT2D eigenvalue weighted by Gasteiger charge is 2.28. The van der Waals surface area contributed by atoms with Gasteiger partial charge in [0.25, 0.3) is 0 Å². The van der Waals surface area contributed by atoms with Gasteiger partial charge in [0.05, 0.1) is 37.8 Å². The number of anilines is 2. The minimum absolute atomic E-state index is 0.0125. The molecule has 1 aliphatic heterocycles. The first-order valence-corrected chi connectivity index (χ1v) is 8.10. The van der Waals surface area contributed by atoms with E-state index in [4.69, 9.17) is 14.2 Å². The van der Waals surface area contributed by atoms with Crippen molar-refractivity contribution >= 4 is 23.3 Å². The van der Waals surface area contributed by atoms with Gasteiger partial charge in [0, 0.05) is 19.9 Å². The average Bonchev–Trinajstić information content (AvgIpc) is 2.90. The van der Waals surface area contributed by atoms with Crippen molar-refractivity contribution in [1.29, 1.82) is 0 Å². The zero-order valence-corrected chi connectivity index (χ0v) is 15.3. The highest BCUT2D eigenvalue weighted by molar-refractivity contribution is 6.06. The summed E-state index contributed by atoms with van der Waals surface area (Å²) in [7, 11) is 3.97. The molecule has 2 rings (SSSR count). The number of halogens is 1. The molecule has 1 aliphatic rings. The molecule has 0 aliphatic carbocycles. The van der Waals surface area contributed by atoms with Gasteiger partial charge < -0.3 is 24.4 Å². The summed E-state index contributed by atoms with van der Waals surface area (Å²) in [5, 5.41) is 3.12. The van der Waals surface area contributed by atoms with E-state index in [0.717, 1.165) is 0 Å². The van der Waals surface area contributed by atoms with Crippen LogP contribution < -0.4 is 10.2 Å². The van der Waals surface area contributed by atoms with Gasteiger partial charge in [-0.3, -0.25) is 0 Å². The monoisotopic (exact) mass is 376 g/mol. The van der Waals surface area contributed by atoms with E-state index in [-0.39, 0.29) is 11.3 Å². The molecule has 0 bridgehead atoms. The Labute approximate surface area is 156 Å². The molecule has 0 aromatic heterocycles. The number of ether oxygens (including phenoxy) is 3. The van der Waals surface area contributed by atoms with Gasteiger partial charge in [-0.2, -0.15) is 0 Å². The Morgan fingerprint density at radius 2 is 1.85 bits per heavy atom. The van der Waals surface area contributed by atoms with Crippen LogP contribution in [0.3, 0.4) is 0 Å². The van der Waals surface area contributed by atoms with Crippen molar-refractivity contribution in [2.75, 3.05) is 44.7 Å². The van der Waals surface area contributed by atoms with E-state index >= 15 is 0 Å². The van der Waals surface area contributed by atoms with Crippen LogP contribution in [0.4, 0.5) is 15.8 Å². The molecule has 0 amide bonds. The van der Waals surface area contributed by atoms with Gasteiger partial charge in [0.2, 0.25) is 0 Å². The van der Waals surface area contributed by atoms with Crippen LogP contribution in [-0.2, 0) is 23.8 Å². The predicted molar refractivity (Wildman–Crippen MR) is 98.6 cm³/mol. The molecule has 1 aromatic carbocycles. The molecule has 144 valence electrons. The van der Waals surface area contributed by atoms with Gasteiger partial charge in [0.1, 0.15) is 11.5 Å². The Morgan fingerprint density at radius 1 is 1.11 bits per heavy atom. The minimum Gasteiger partial charge on any atom is -0.465 e. The lowest BCUT2D eigenvalue weighted by molar-refractivity contribution is -0.139. The fraction of sp³-hybridized carbons (Fsp3) is 0.263.